The molecule has 6 nitrogen and oxygen atoms in total. The molecule has 38 heavy (non-hydrogen) atoms. The van der Waals surface area contributed by atoms with E-state index in [1.54, 1.807) is 7.11 Å². The summed E-state index contributed by atoms with van der Waals surface area (Å²) in [7, 11) is 1.74. The van der Waals surface area contributed by atoms with Crippen molar-refractivity contribution in [2.45, 2.75) is 50.6 Å². The molecule has 1 aliphatic heterocycles. The van der Waals surface area contributed by atoms with Gasteiger partial charge in [-0.1, -0.05) is 66.7 Å². The SMILES string of the molecule is COCCCn1c(C2CCCN(C(=O)CC(N)Cc3ccc(-c4ccccc4)cc3)C2)nc2ccccc21. The summed E-state index contributed by atoms with van der Waals surface area (Å²) in [5.41, 5.74) is 12.2. The van der Waals surface area contributed by atoms with Crippen molar-refractivity contribution in [3.63, 3.8) is 0 Å². The van der Waals surface area contributed by atoms with E-state index in [-0.39, 0.29) is 17.9 Å². The van der Waals surface area contributed by atoms with Crippen LogP contribution in [0.15, 0.2) is 78.9 Å². The molecule has 4 aromatic rings. The minimum absolute atomic E-state index is 0.144. The predicted molar refractivity (Wildman–Crippen MR) is 153 cm³/mol. The van der Waals surface area contributed by atoms with Gasteiger partial charge in [0.2, 0.25) is 5.91 Å². The summed E-state index contributed by atoms with van der Waals surface area (Å²) in [6, 6.07) is 27.0. The summed E-state index contributed by atoms with van der Waals surface area (Å²) >= 11 is 0. The zero-order chi connectivity index (χ0) is 26.3. The van der Waals surface area contributed by atoms with Crippen molar-refractivity contribution in [3.8, 4) is 11.1 Å². The fraction of sp³-hybridized carbons (Fsp3) is 0.375. The molecule has 0 radical (unpaired) electrons. The van der Waals surface area contributed by atoms with Crippen molar-refractivity contribution in [3.05, 3.63) is 90.3 Å². The summed E-state index contributed by atoms with van der Waals surface area (Å²) in [6.45, 7) is 3.07. The van der Waals surface area contributed by atoms with Gasteiger partial charge in [0.25, 0.3) is 0 Å². The summed E-state index contributed by atoms with van der Waals surface area (Å²) in [4.78, 5) is 20.3. The van der Waals surface area contributed by atoms with E-state index >= 15 is 0 Å². The van der Waals surface area contributed by atoms with Gasteiger partial charge in [0, 0.05) is 51.7 Å². The first-order valence-electron chi connectivity index (χ1n) is 13.7. The Morgan fingerprint density at radius 3 is 2.55 bits per heavy atom. The van der Waals surface area contributed by atoms with Crippen LogP contribution in [-0.4, -0.2) is 53.2 Å². The van der Waals surface area contributed by atoms with Gasteiger partial charge < -0.3 is 19.9 Å². The Kier molecular flexibility index (Phi) is 8.51. The molecule has 0 bridgehead atoms. The van der Waals surface area contributed by atoms with Crippen LogP contribution in [0.25, 0.3) is 22.2 Å². The Labute approximate surface area is 225 Å². The van der Waals surface area contributed by atoms with Gasteiger partial charge in [-0.25, -0.2) is 4.98 Å². The van der Waals surface area contributed by atoms with Crippen LogP contribution in [0.3, 0.4) is 0 Å². The van der Waals surface area contributed by atoms with Gasteiger partial charge in [0.05, 0.1) is 11.0 Å². The number of aromatic nitrogens is 2. The fourth-order valence-electron chi connectivity index (χ4n) is 5.61. The van der Waals surface area contributed by atoms with Crippen LogP contribution in [0, 0.1) is 0 Å². The molecule has 6 heteroatoms. The second-order valence-corrected chi connectivity index (χ2v) is 10.4. The molecule has 1 saturated heterocycles. The van der Waals surface area contributed by atoms with Crippen molar-refractivity contribution in [1.29, 1.82) is 0 Å². The number of hydrogen-bond donors (Lipinski definition) is 1. The minimum Gasteiger partial charge on any atom is -0.385 e. The average Bonchev–Trinajstić information content (AvgIpc) is 3.33. The number of nitrogens with two attached hydrogens (primary N) is 1. The lowest BCUT2D eigenvalue weighted by Crippen LogP contribution is -2.42. The molecular formula is C32H38N4O2. The number of piperidine rings is 1. The van der Waals surface area contributed by atoms with Crippen LogP contribution in [0.5, 0.6) is 0 Å². The number of carbonyl (C=O) groups excluding carboxylic acids is 1. The van der Waals surface area contributed by atoms with Crippen LogP contribution in [0.4, 0.5) is 0 Å². The number of hydrogen-bond acceptors (Lipinski definition) is 4. The molecule has 1 aromatic heterocycles. The Morgan fingerprint density at radius 1 is 1.03 bits per heavy atom. The molecule has 0 aliphatic carbocycles. The molecule has 2 heterocycles. The molecule has 5 rings (SSSR count). The number of benzene rings is 3. The first-order chi connectivity index (χ1) is 18.6. The molecule has 3 aromatic carbocycles. The zero-order valence-corrected chi connectivity index (χ0v) is 22.3. The molecule has 2 atom stereocenters. The second-order valence-electron chi connectivity index (χ2n) is 10.4. The topological polar surface area (TPSA) is 73.4 Å². The highest BCUT2D eigenvalue weighted by atomic mass is 16.5. The van der Waals surface area contributed by atoms with E-state index < -0.39 is 0 Å². The first-order valence-corrected chi connectivity index (χ1v) is 13.7. The number of ether oxygens (including phenoxy) is 1. The van der Waals surface area contributed by atoms with E-state index in [4.69, 9.17) is 15.5 Å². The lowest BCUT2D eigenvalue weighted by Gasteiger charge is -2.33. The third kappa shape index (κ3) is 6.14. The average molecular weight is 511 g/mol. The van der Waals surface area contributed by atoms with Gasteiger partial charge in [-0.05, 0) is 54.5 Å². The zero-order valence-electron chi connectivity index (χ0n) is 22.3. The van der Waals surface area contributed by atoms with Gasteiger partial charge in [-0.3, -0.25) is 4.79 Å². The number of rotatable bonds is 10. The van der Waals surface area contributed by atoms with Crippen LogP contribution < -0.4 is 5.73 Å². The number of nitrogens with zero attached hydrogens (tertiary/aromatic N) is 3. The van der Waals surface area contributed by atoms with Gasteiger partial charge in [0.15, 0.2) is 0 Å². The van der Waals surface area contributed by atoms with E-state index in [2.05, 4.69) is 59.2 Å². The van der Waals surface area contributed by atoms with E-state index in [9.17, 15) is 4.79 Å². The number of para-hydroxylation sites is 2. The summed E-state index contributed by atoms with van der Waals surface area (Å²) in [6.07, 6.45) is 4.00. The molecule has 198 valence electrons. The Hall–Kier alpha value is -3.48. The molecule has 2 N–H and O–H groups in total. The van der Waals surface area contributed by atoms with Crippen LogP contribution in [0.2, 0.25) is 0 Å². The smallest absolute Gasteiger partial charge is 0.224 e. The standard InChI is InChI=1S/C32H38N4O2/c1-38-20-8-19-36-30-13-6-5-12-29(30)34-32(36)27-11-7-18-35(23-27)31(37)22-28(33)21-24-14-16-26(17-15-24)25-9-3-2-4-10-25/h2-6,9-10,12-17,27-28H,7-8,11,18-23,33H2,1H3. The first kappa shape index (κ1) is 26.1. The highest BCUT2D eigenvalue weighted by Gasteiger charge is 2.29. The van der Waals surface area contributed by atoms with E-state index in [1.165, 1.54) is 11.1 Å². The van der Waals surface area contributed by atoms with Crippen LogP contribution >= 0.6 is 0 Å². The number of aryl methyl sites for hydroxylation is 1. The molecule has 1 aliphatic rings. The second kappa shape index (κ2) is 12.4. The van der Waals surface area contributed by atoms with Crippen LogP contribution in [-0.2, 0) is 22.5 Å². The highest BCUT2D eigenvalue weighted by molar-refractivity contribution is 5.78. The molecule has 0 saturated carbocycles. The molecule has 1 amide bonds. The Balaban J connectivity index is 1.21. The Bertz CT molecular complexity index is 1330. The normalized spacial score (nSPS) is 16.6. The monoisotopic (exact) mass is 510 g/mol. The minimum atomic E-state index is -0.205. The van der Waals surface area contributed by atoms with Gasteiger partial charge in [-0.2, -0.15) is 0 Å². The number of likely N-dealkylation sites (tertiary alicyclic amines) is 1. The Morgan fingerprint density at radius 2 is 1.76 bits per heavy atom. The third-order valence-corrected chi connectivity index (χ3v) is 7.55. The summed E-state index contributed by atoms with van der Waals surface area (Å²) < 4.78 is 7.62. The number of carbonyl (C=O) groups is 1. The number of amides is 1. The van der Waals surface area contributed by atoms with Crippen molar-refractivity contribution in [2.75, 3.05) is 26.8 Å². The molecule has 2 unspecified atom stereocenters. The summed E-state index contributed by atoms with van der Waals surface area (Å²) in [5.74, 6) is 1.46. The van der Waals surface area contributed by atoms with E-state index in [1.807, 2.05) is 29.2 Å². The number of imidazole rings is 1. The molecular weight excluding hydrogens is 472 g/mol. The predicted octanol–water partition coefficient (Wildman–Crippen LogP) is 5.41. The van der Waals surface area contributed by atoms with Gasteiger partial charge in [-0.15, -0.1) is 0 Å². The molecule has 1 fully saturated rings. The van der Waals surface area contributed by atoms with Crippen molar-refractivity contribution in [2.24, 2.45) is 5.73 Å². The fourth-order valence-corrected chi connectivity index (χ4v) is 5.61. The third-order valence-electron chi connectivity index (χ3n) is 7.55. The van der Waals surface area contributed by atoms with E-state index in [0.717, 1.165) is 54.8 Å². The summed E-state index contributed by atoms with van der Waals surface area (Å²) in [5, 5.41) is 0. The number of fused-ring (bicyclic) bond motifs is 1. The molecule has 0 spiro atoms. The lowest BCUT2D eigenvalue weighted by atomic mass is 9.95. The maximum Gasteiger partial charge on any atom is 0.224 e. The lowest BCUT2D eigenvalue weighted by molar-refractivity contribution is -0.132. The largest absolute Gasteiger partial charge is 0.385 e. The van der Waals surface area contributed by atoms with Crippen molar-refractivity contribution < 1.29 is 9.53 Å². The van der Waals surface area contributed by atoms with Gasteiger partial charge in [0.1, 0.15) is 5.82 Å². The van der Waals surface area contributed by atoms with E-state index in [0.29, 0.717) is 26.0 Å². The highest BCUT2D eigenvalue weighted by Crippen LogP contribution is 2.30. The quantitative estimate of drug-likeness (QED) is 0.290. The maximum atomic E-state index is 13.3. The van der Waals surface area contributed by atoms with Gasteiger partial charge >= 0.3 is 0 Å². The van der Waals surface area contributed by atoms with Crippen LogP contribution in [0.1, 0.15) is 43.0 Å². The van der Waals surface area contributed by atoms with Crippen molar-refractivity contribution in [1.82, 2.24) is 14.5 Å². The number of methoxy groups -OCH3 is 1. The maximum absolute atomic E-state index is 13.3. The van der Waals surface area contributed by atoms with Crippen molar-refractivity contribution >= 4 is 16.9 Å².